The molecule has 1 atom stereocenters. The summed E-state index contributed by atoms with van der Waals surface area (Å²) in [7, 11) is 0. The van der Waals surface area contributed by atoms with Gasteiger partial charge in [0.2, 0.25) is 5.89 Å². The number of aromatic nitrogens is 1. The Kier molecular flexibility index (Phi) is 5.74. The van der Waals surface area contributed by atoms with Gasteiger partial charge in [-0.05, 0) is 62.6 Å². The number of benzene rings is 2. The minimum Gasteiger partial charge on any atom is -0.457 e. The van der Waals surface area contributed by atoms with Gasteiger partial charge in [0, 0.05) is 25.3 Å². The molecule has 3 aromatic rings. The van der Waals surface area contributed by atoms with E-state index in [0.29, 0.717) is 11.8 Å². The first-order valence-corrected chi connectivity index (χ1v) is 9.84. The van der Waals surface area contributed by atoms with Crippen LogP contribution in [0.2, 0.25) is 0 Å². The highest BCUT2D eigenvalue weighted by Gasteiger charge is 2.21. The Morgan fingerprint density at radius 2 is 1.96 bits per heavy atom. The zero-order valence-electron chi connectivity index (χ0n) is 16.2. The third-order valence-electron chi connectivity index (χ3n) is 5.19. The van der Waals surface area contributed by atoms with Crippen LogP contribution in [-0.4, -0.2) is 34.7 Å². The molecule has 146 valence electrons. The second-order valence-corrected chi connectivity index (χ2v) is 7.39. The Morgan fingerprint density at radius 3 is 2.79 bits per heavy atom. The number of aryl methyl sites for hydroxylation is 1. The molecule has 1 aliphatic rings. The SMILES string of the molecule is Cc1oc(-c2cccc(Oc3ccccc3)c2)nc1CN1CCCC(CO)C1. The summed E-state index contributed by atoms with van der Waals surface area (Å²) in [5.74, 6) is 3.37. The van der Waals surface area contributed by atoms with Crippen molar-refractivity contribution < 1.29 is 14.3 Å². The van der Waals surface area contributed by atoms with Gasteiger partial charge in [-0.25, -0.2) is 4.98 Å². The molecule has 2 aromatic carbocycles. The number of oxazole rings is 1. The number of ether oxygens (including phenoxy) is 1. The van der Waals surface area contributed by atoms with Gasteiger partial charge in [-0.3, -0.25) is 4.90 Å². The molecular formula is C23H26N2O3. The van der Waals surface area contributed by atoms with E-state index in [1.807, 2.05) is 61.5 Å². The first kappa shape index (κ1) is 18.7. The van der Waals surface area contributed by atoms with Gasteiger partial charge >= 0.3 is 0 Å². The number of hydrogen-bond acceptors (Lipinski definition) is 5. The Hall–Kier alpha value is -2.63. The molecule has 0 amide bonds. The van der Waals surface area contributed by atoms with Gasteiger partial charge in [-0.15, -0.1) is 0 Å². The Morgan fingerprint density at radius 1 is 1.14 bits per heavy atom. The minimum absolute atomic E-state index is 0.258. The van der Waals surface area contributed by atoms with Crippen molar-refractivity contribution in [2.75, 3.05) is 19.7 Å². The van der Waals surface area contributed by atoms with E-state index < -0.39 is 0 Å². The molecule has 5 nitrogen and oxygen atoms in total. The molecule has 1 fully saturated rings. The lowest BCUT2D eigenvalue weighted by Crippen LogP contribution is -2.36. The first-order chi connectivity index (χ1) is 13.7. The van der Waals surface area contributed by atoms with Crippen molar-refractivity contribution in [3.63, 3.8) is 0 Å². The maximum absolute atomic E-state index is 9.44. The van der Waals surface area contributed by atoms with Crippen LogP contribution in [0.1, 0.15) is 24.3 Å². The maximum atomic E-state index is 9.44. The molecule has 0 saturated carbocycles. The molecule has 1 saturated heterocycles. The number of aliphatic hydroxyl groups is 1. The Balaban J connectivity index is 1.49. The summed E-state index contributed by atoms with van der Waals surface area (Å²) in [5.41, 5.74) is 1.86. The molecule has 1 aromatic heterocycles. The molecular weight excluding hydrogens is 352 g/mol. The van der Waals surface area contributed by atoms with Gasteiger partial charge in [0.05, 0.1) is 5.69 Å². The maximum Gasteiger partial charge on any atom is 0.226 e. The van der Waals surface area contributed by atoms with Crippen LogP contribution in [-0.2, 0) is 6.54 Å². The molecule has 0 spiro atoms. The van der Waals surface area contributed by atoms with E-state index in [9.17, 15) is 5.11 Å². The van der Waals surface area contributed by atoms with Crippen molar-refractivity contribution in [1.82, 2.24) is 9.88 Å². The fourth-order valence-corrected chi connectivity index (χ4v) is 3.67. The summed E-state index contributed by atoms with van der Waals surface area (Å²) >= 11 is 0. The standard InChI is InChI=1S/C23H26N2O3/c1-17-22(15-25-12-6-7-18(14-25)16-26)24-23(27-17)19-8-5-11-21(13-19)28-20-9-3-2-4-10-20/h2-5,8-11,13,18,26H,6-7,12,14-16H2,1H3. The van der Waals surface area contributed by atoms with Crippen LogP contribution in [0.4, 0.5) is 0 Å². The fraction of sp³-hybridized carbons (Fsp3) is 0.348. The number of para-hydroxylation sites is 1. The molecule has 5 heteroatoms. The molecule has 0 aliphatic carbocycles. The lowest BCUT2D eigenvalue weighted by molar-refractivity contribution is 0.115. The summed E-state index contributed by atoms with van der Waals surface area (Å²) in [4.78, 5) is 7.10. The van der Waals surface area contributed by atoms with Crippen LogP contribution in [0.5, 0.6) is 11.5 Å². The predicted octanol–water partition coefficient (Wildman–Crippen LogP) is 4.65. The molecule has 1 unspecified atom stereocenters. The second-order valence-electron chi connectivity index (χ2n) is 7.39. The summed E-state index contributed by atoms with van der Waals surface area (Å²) in [6, 6.07) is 17.5. The van der Waals surface area contributed by atoms with E-state index >= 15 is 0 Å². The monoisotopic (exact) mass is 378 g/mol. The predicted molar refractivity (Wildman–Crippen MR) is 108 cm³/mol. The van der Waals surface area contributed by atoms with Crippen LogP contribution >= 0.6 is 0 Å². The second kappa shape index (κ2) is 8.59. The minimum atomic E-state index is 0.258. The lowest BCUT2D eigenvalue weighted by atomic mass is 9.99. The molecule has 4 rings (SSSR count). The van der Waals surface area contributed by atoms with Crippen LogP contribution < -0.4 is 4.74 Å². The molecule has 1 N–H and O–H groups in total. The van der Waals surface area contributed by atoms with Crippen molar-refractivity contribution >= 4 is 0 Å². The summed E-state index contributed by atoms with van der Waals surface area (Å²) in [6.45, 7) is 4.93. The molecule has 0 radical (unpaired) electrons. The largest absolute Gasteiger partial charge is 0.457 e. The van der Waals surface area contributed by atoms with E-state index in [2.05, 4.69) is 4.90 Å². The fourth-order valence-electron chi connectivity index (χ4n) is 3.67. The van der Waals surface area contributed by atoms with E-state index in [-0.39, 0.29) is 6.61 Å². The quantitative estimate of drug-likeness (QED) is 0.677. The third kappa shape index (κ3) is 4.43. The molecule has 0 bridgehead atoms. The van der Waals surface area contributed by atoms with Crippen molar-refractivity contribution in [2.45, 2.75) is 26.3 Å². The van der Waals surface area contributed by atoms with E-state index in [0.717, 1.165) is 61.0 Å². The van der Waals surface area contributed by atoms with Gasteiger partial charge < -0.3 is 14.3 Å². The highest BCUT2D eigenvalue weighted by Crippen LogP contribution is 2.29. The number of aliphatic hydroxyl groups excluding tert-OH is 1. The van der Waals surface area contributed by atoms with Crippen LogP contribution in [0.3, 0.4) is 0 Å². The van der Waals surface area contributed by atoms with Crippen molar-refractivity contribution in [3.05, 3.63) is 66.1 Å². The average molecular weight is 378 g/mol. The van der Waals surface area contributed by atoms with Crippen LogP contribution in [0.15, 0.2) is 59.0 Å². The lowest BCUT2D eigenvalue weighted by Gasteiger charge is -2.31. The highest BCUT2D eigenvalue weighted by atomic mass is 16.5. The Labute approximate surface area is 165 Å². The van der Waals surface area contributed by atoms with Gasteiger partial charge in [-0.2, -0.15) is 0 Å². The zero-order valence-corrected chi connectivity index (χ0v) is 16.2. The van der Waals surface area contributed by atoms with Crippen LogP contribution in [0, 0.1) is 12.8 Å². The summed E-state index contributed by atoms with van der Waals surface area (Å²) in [6.07, 6.45) is 2.22. The number of likely N-dealkylation sites (tertiary alicyclic amines) is 1. The van der Waals surface area contributed by atoms with Gasteiger partial charge in [-0.1, -0.05) is 24.3 Å². The average Bonchev–Trinajstić information content (AvgIpc) is 3.09. The molecule has 2 heterocycles. The molecule has 28 heavy (non-hydrogen) atoms. The highest BCUT2D eigenvalue weighted by molar-refractivity contribution is 5.57. The number of hydrogen-bond donors (Lipinski definition) is 1. The Bertz CT molecular complexity index is 907. The zero-order chi connectivity index (χ0) is 19.3. The number of nitrogens with zero attached hydrogens (tertiary/aromatic N) is 2. The normalized spacial score (nSPS) is 17.6. The van der Waals surface area contributed by atoms with Gasteiger partial charge in [0.25, 0.3) is 0 Å². The topological polar surface area (TPSA) is 58.7 Å². The number of piperidine rings is 1. The van der Waals surface area contributed by atoms with Gasteiger partial charge in [0.15, 0.2) is 0 Å². The van der Waals surface area contributed by atoms with E-state index in [1.165, 1.54) is 0 Å². The van der Waals surface area contributed by atoms with Gasteiger partial charge in [0.1, 0.15) is 17.3 Å². The van der Waals surface area contributed by atoms with Crippen molar-refractivity contribution in [1.29, 1.82) is 0 Å². The number of rotatable bonds is 6. The third-order valence-corrected chi connectivity index (χ3v) is 5.19. The van der Waals surface area contributed by atoms with E-state index in [4.69, 9.17) is 14.1 Å². The van der Waals surface area contributed by atoms with Crippen LogP contribution in [0.25, 0.3) is 11.5 Å². The molecule has 1 aliphatic heterocycles. The van der Waals surface area contributed by atoms with E-state index in [1.54, 1.807) is 0 Å². The van der Waals surface area contributed by atoms with Crippen molar-refractivity contribution in [2.24, 2.45) is 5.92 Å². The smallest absolute Gasteiger partial charge is 0.226 e. The summed E-state index contributed by atoms with van der Waals surface area (Å²) < 4.78 is 11.9. The van der Waals surface area contributed by atoms with Crippen molar-refractivity contribution in [3.8, 4) is 23.0 Å². The first-order valence-electron chi connectivity index (χ1n) is 9.84. The summed E-state index contributed by atoms with van der Waals surface area (Å²) in [5, 5.41) is 9.44.